The topological polar surface area (TPSA) is 98.3 Å². The van der Waals surface area contributed by atoms with Gasteiger partial charge in [-0.15, -0.1) is 12.4 Å². The van der Waals surface area contributed by atoms with E-state index in [0.29, 0.717) is 31.4 Å². The number of para-hydroxylation sites is 1. The SMILES string of the molecule is Cl.NC1(C(=O)NCCc2ccccc2[N+](=O)[O-])CCCCC1. The first-order chi connectivity index (χ1) is 10.0. The zero-order chi connectivity index (χ0) is 15.3. The number of carbonyl (C=O) groups excluding carboxylic acids is 1. The highest BCUT2D eigenvalue weighted by molar-refractivity contribution is 5.86. The molecule has 0 radical (unpaired) electrons. The van der Waals surface area contributed by atoms with Gasteiger partial charge >= 0.3 is 0 Å². The molecule has 22 heavy (non-hydrogen) atoms. The van der Waals surface area contributed by atoms with E-state index in [1.807, 2.05) is 0 Å². The van der Waals surface area contributed by atoms with Crippen molar-refractivity contribution >= 4 is 24.0 Å². The largest absolute Gasteiger partial charge is 0.354 e. The summed E-state index contributed by atoms with van der Waals surface area (Å²) in [6.07, 6.45) is 4.94. The average molecular weight is 328 g/mol. The van der Waals surface area contributed by atoms with Crippen molar-refractivity contribution in [2.75, 3.05) is 6.54 Å². The Labute approximate surface area is 136 Å². The molecule has 0 heterocycles. The second kappa shape index (κ2) is 8.10. The summed E-state index contributed by atoms with van der Waals surface area (Å²) >= 11 is 0. The van der Waals surface area contributed by atoms with Crippen LogP contribution in [0.25, 0.3) is 0 Å². The van der Waals surface area contributed by atoms with Crippen LogP contribution in [0.3, 0.4) is 0 Å². The lowest BCUT2D eigenvalue weighted by Gasteiger charge is -2.31. The van der Waals surface area contributed by atoms with Gasteiger partial charge in [-0.25, -0.2) is 0 Å². The van der Waals surface area contributed by atoms with Crippen molar-refractivity contribution in [2.24, 2.45) is 5.73 Å². The number of nitro groups is 1. The van der Waals surface area contributed by atoms with Crippen LogP contribution in [0.5, 0.6) is 0 Å². The van der Waals surface area contributed by atoms with E-state index in [4.69, 9.17) is 5.73 Å². The number of carbonyl (C=O) groups is 1. The Balaban J connectivity index is 0.00000242. The maximum absolute atomic E-state index is 12.2. The Kier molecular flexibility index (Phi) is 6.77. The molecule has 0 saturated heterocycles. The highest BCUT2D eigenvalue weighted by Gasteiger charge is 2.34. The molecule has 1 fully saturated rings. The fourth-order valence-electron chi connectivity index (χ4n) is 2.80. The van der Waals surface area contributed by atoms with Gasteiger partial charge in [0.05, 0.1) is 10.5 Å². The van der Waals surface area contributed by atoms with E-state index in [1.165, 1.54) is 6.07 Å². The second-order valence-corrected chi connectivity index (χ2v) is 5.61. The van der Waals surface area contributed by atoms with E-state index in [9.17, 15) is 14.9 Å². The van der Waals surface area contributed by atoms with E-state index in [-0.39, 0.29) is 24.0 Å². The molecule has 0 bridgehead atoms. The third-order valence-corrected chi connectivity index (χ3v) is 4.07. The van der Waals surface area contributed by atoms with Crippen molar-refractivity contribution in [3.8, 4) is 0 Å². The van der Waals surface area contributed by atoms with Gasteiger partial charge in [0.25, 0.3) is 5.69 Å². The number of nitrogens with zero attached hydrogens (tertiary/aromatic N) is 1. The Morgan fingerprint density at radius 3 is 2.55 bits per heavy atom. The minimum absolute atomic E-state index is 0. The standard InChI is InChI=1S/C15H21N3O3.ClH/c16-15(9-4-1-5-10-15)14(19)17-11-8-12-6-2-3-7-13(12)18(20)21;/h2-3,6-7H,1,4-5,8-11,16H2,(H,17,19);1H. The van der Waals surface area contributed by atoms with Crippen molar-refractivity contribution in [1.82, 2.24) is 5.32 Å². The lowest BCUT2D eigenvalue weighted by atomic mass is 9.82. The molecule has 1 aliphatic rings. The first-order valence-electron chi connectivity index (χ1n) is 7.32. The highest BCUT2D eigenvalue weighted by Crippen LogP contribution is 2.26. The number of nitrogens with two attached hydrogens (primary N) is 1. The summed E-state index contributed by atoms with van der Waals surface area (Å²) in [5.41, 5.74) is 6.09. The number of hydrogen-bond donors (Lipinski definition) is 2. The lowest BCUT2D eigenvalue weighted by molar-refractivity contribution is -0.385. The van der Waals surface area contributed by atoms with Gasteiger partial charge in [-0.05, 0) is 19.3 Å². The first-order valence-corrected chi connectivity index (χ1v) is 7.32. The summed E-state index contributed by atoms with van der Waals surface area (Å²) in [6.45, 7) is 0.364. The number of benzene rings is 1. The number of amides is 1. The third-order valence-electron chi connectivity index (χ3n) is 4.07. The molecule has 0 aliphatic heterocycles. The zero-order valence-electron chi connectivity index (χ0n) is 12.4. The maximum Gasteiger partial charge on any atom is 0.272 e. The van der Waals surface area contributed by atoms with Gasteiger partial charge in [0.15, 0.2) is 0 Å². The summed E-state index contributed by atoms with van der Waals surface area (Å²) in [4.78, 5) is 22.7. The molecule has 0 unspecified atom stereocenters. The van der Waals surface area contributed by atoms with Gasteiger partial charge in [-0.3, -0.25) is 14.9 Å². The fourth-order valence-corrected chi connectivity index (χ4v) is 2.80. The molecule has 0 atom stereocenters. The predicted molar refractivity (Wildman–Crippen MR) is 87.1 cm³/mol. The molecule has 1 aliphatic carbocycles. The molecule has 1 saturated carbocycles. The predicted octanol–water partition coefficient (Wildman–Crippen LogP) is 2.34. The van der Waals surface area contributed by atoms with Crippen molar-refractivity contribution in [3.63, 3.8) is 0 Å². The zero-order valence-corrected chi connectivity index (χ0v) is 13.2. The molecule has 0 spiro atoms. The molecular formula is C15H22ClN3O3. The van der Waals surface area contributed by atoms with Crippen molar-refractivity contribution in [3.05, 3.63) is 39.9 Å². The minimum atomic E-state index is -0.763. The monoisotopic (exact) mass is 327 g/mol. The van der Waals surface area contributed by atoms with Crippen LogP contribution in [0, 0.1) is 10.1 Å². The van der Waals surface area contributed by atoms with Gasteiger partial charge in [0, 0.05) is 18.2 Å². The summed E-state index contributed by atoms with van der Waals surface area (Å²) in [5, 5.41) is 13.7. The van der Waals surface area contributed by atoms with E-state index in [1.54, 1.807) is 18.2 Å². The molecule has 0 aromatic heterocycles. The van der Waals surface area contributed by atoms with Gasteiger partial charge in [-0.2, -0.15) is 0 Å². The van der Waals surface area contributed by atoms with Gasteiger partial charge in [0.1, 0.15) is 0 Å². The summed E-state index contributed by atoms with van der Waals surface area (Å²) in [7, 11) is 0. The van der Waals surface area contributed by atoms with E-state index >= 15 is 0 Å². The third kappa shape index (κ3) is 4.42. The number of rotatable bonds is 5. The van der Waals surface area contributed by atoms with Crippen LogP contribution < -0.4 is 11.1 Å². The van der Waals surface area contributed by atoms with Crippen molar-refractivity contribution in [1.29, 1.82) is 0 Å². The summed E-state index contributed by atoms with van der Waals surface area (Å²) in [6, 6.07) is 6.58. The smallest absolute Gasteiger partial charge is 0.272 e. The Hall–Kier alpha value is -1.66. The fraction of sp³-hybridized carbons (Fsp3) is 0.533. The maximum atomic E-state index is 12.2. The highest BCUT2D eigenvalue weighted by atomic mass is 35.5. The number of nitrogens with one attached hydrogen (secondary N) is 1. The van der Waals surface area contributed by atoms with Crippen LogP contribution in [0.4, 0.5) is 5.69 Å². The van der Waals surface area contributed by atoms with Gasteiger partial charge in [-0.1, -0.05) is 37.5 Å². The Morgan fingerprint density at radius 1 is 1.27 bits per heavy atom. The molecule has 6 nitrogen and oxygen atoms in total. The number of hydrogen-bond acceptors (Lipinski definition) is 4. The van der Waals surface area contributed by atoms with Crippen molar-refractivity contribution < 1.29 is 9.72 Å². The van der Waals surface area contributed by atoms with E-state index < -0.39 is 10.5 Å². The molecule has 7 heteroatoms. The molecular weight excluding hydrogens is 306 g/mol. The first kappa shape index (κ1) is 18.4. The van der Waals surface area contributed by atoms with Crippen molar-refractivity contribution in [2.45, 2.75) is 44.1 Å². The molecule has 2 rings (SSSR count). The number of nitro benzene ring substituents is 1. The molecule has 1 aromatic carbocycles. The summed E-state index contributed by atoms with van der Waals surface area (Å²) in [5.74, 6) is -0.138. The molecule has 3 N–H and O–H groups in total. The van der Waals surface area contributed by atoms with E-state index in [0.717, 1.165) is 19.3 Å². The average Bonchev–Trinajstić information content (AvgIpc) is 2.48. The quantitative estimate of drug-likeness (QED) is 0.640. The van der Waals surface area contributed by atoms with Gasteiger partial charge < -0.3 is 11.1 Å². The van der Waals surface area contributed by atoms with Crippen LogP contribution in [0.2, 0.25) is 0 Å². The second-order valence-electron chi connectivity index (χ2n) is 5.61. The molecule has 122 valence electrons. The normalized spacial score (nSPS) is 16.4. The molecule has 1 amide bonds. The van der Waals surface area contributed by atoms with E-state index in [2.05, 4.69) is 5.32 Å². The van der Waals surface area contributed by atoms with Gasteiger partial charge in [0.2, 0.25) is 5.91 Å². The van der Waals surface area contributed by atoms with Crippen LogP contribution in [0.1, 0.15) is 37.7 Å². The lowest BCUT2D eigenvalue weighted by Crippen LogP contribution is -2.55. The minimum Gasteiger partial charge on any atom is -0.354 e. The van der Waals surface area contributed by atoms with Crippen LogP contribution in [-0.4, -0.2) is 22.9 Å². The van der Waals surface area contributed by atoms with Crippen LogP contribution in [0.15, 0.2) is 24.3 Å². The summed E-state index contributed by atoms with van der Waals surface area (Å²) < 4.78 is 0. The van der Waals surface area contributed by atoms with Crippen LogP contribution >= 0.6 is 12.4 Å². The molecule has 1 aromatic rings. The number of halogens is 1. The van der Waals surface area contributed by atoms with Crippen LogP contribution in [-0.2, 0) is 11.2 Å². The Bertz CT molecular complexity index is 531. The Morgan fingerprint density at radius 2 is 1.91 bits per heavy atom.